The van der Waals surface area contributed by atoms with Gasteiger partial charge in [0.15, 0.2) is 0 Å². The maximum absolute atomic E-state index is 13.2. The lowest BCUT2D eigenvalue weighted by Crippen LogP contribution is -2.40. The van der Waals surface area contributed by atoms with Gasteiger partial charge in [-0.15, -0.1) is 0 Å². The van der Waals surface area contributed by atoms with E-state index >= 15 is 0 Å². The van der Waals surface area contributed by atoms with Gasteiger partial charge in [-0.3, -0.25) is 19.8 Å². The third kappa shape index (κ3) is 5.69. The van der Waals surface area contributed by atoms with E-state index < -0.39 is 14.9 Å². The number of anilines is 1. The quantitative estimate of drug-likeness (QED) is 0.442. The lowest BCUT2D eigenvalue weighted by molar-refractivity contribution is -0.384. The molecule has 0 atom stereocenters. The Kier molecular flexibility index (Phi) is 8.05. The maximum atomic E-state index is 13.2. The highest BCUT2D eigenvalue weighted by Crippen LogP contribution is 2.33. The molecule has 0 radical (unpaired) electrons. The van der Waals surface area contributed by atoms with Gasteiger partial charge in [0, 0.05) is 58.4 Å². The van der Waals surface area contributed by atoms with Crippen molar-refractivity contribution < 1.29 is 18.1 Å². The second-order valence-electron chi connectivity index (χ2n) is 9.43. The molecule has 3 heterocycles. The van der Waals surface area contributed by atoms with E-state index in [0.29, 0.717) is 45.0 Å². The van der Waals surface area contributed by atoms with E-state index in [-0.39, 0.29) is 16.5 Å². The predicted octanol–water partition coefficient (Wildman–Crippen LogP) is 2.29. The summed E-state index contributed by atoms with van der Waals surface area (Å²) in [4.78, 5) is 29.9. The molecule has 3 aliphatic rings. The standard InChI is InChI=1S/C23H35N5O5S/c29-23(26-11-5-6-12-26)19-24-10-7-13-25(17-16-24)21-9-8-20(18-22(21)28(30)31)34(32,33)27-14-3-1-2-4-15-27/h8-9,18H,1-7,10-17,19H2. The van der Waals surface area contributed by atoms with Crippen LogP contribution in [0.5, 0.6) is 0 Å². The number of rotatable bonds is 6. The third-order valence-electron chi connectivity index (χ3n) is 7.09. The van der Waals surface area contributed by atoms with Crippen molar-refractivity contribution in [3.63, 3.8) is 0 Å². The summed E-state index contributed by atoms with van der Waals surface area (Å²) in [6.45, 7) is 5.50. The Labute approximate surface area is 201 Å². The Hall–Kier alpha value is -2.24. The largest absolute Gasteiger partial charge is 0.365 e. The molecule has 0 saturated carbocycles. The normalized spacial score (nSPS) is 21.3. The first-order valence-electron chi connectivity index (χ1n) is 12.4. The van der Waals surface area contributed by atoms with Crippen LogP contribution in [0.25, 0.3) is 0 Å². The molecule has 1 aromatic carbocycles. The van der Waals surface area contributed by atoms with Crippen molar-refractivity contribution in [3.8, 4) is 0 Å². The van der Waals surface area contributed by atoms with Crippen LogP contribution >= 0.6 is 0 Å². The molecule has 0 N–H and O–H groups in total. The van der Waals surface area contributed by atoms with Crippen molar-refractivity contribution in [2.75, 3.05) is 63.8 Å². The Balaban J connectivity index is 1.48. The van der Waals surface area contributed by atoms with Gasteiger partial charge >= 0.3 is 0 Å². The SMILES string of the molecule is O=C(CN1CCCN(c2ccc(S(=O)(=O)N3CCCCCC3)cc2[N+](=O)[O-])CC1)N1CCCC1. The molecule has 0 unspecified atom stereocenters. The molecule has 3 fully saturated rings. The van der Waals surface area contributed by atoms with E-state index in [9.17, 15) is 23.3 Å². The van der Waals surface area contributed by atoms with Gasteiger partial charge in [-0.05, 0) is 44.2 Å². The van der Waals surface area contributed by atoms with Crippen LogP contribution in [-0.4, -0.2) is 92.3 Å². The molecule has 10 nitrogen and oxygen atoms in total. The molecule has 188 valence electrons. The van der Waals surface area contributed by atoms with Crippen LogP contribution in [0, 0.1) is 10.1 Å². The molecule has 0 spiro atoms. The topological polar surface area (TPSA) is 107 Å². The minimum atomic E-state index is -3.77. The molecule has 4 rings (SSSR count). The average Bonchev–Trinajstić information content (AvgIpc) is 3.08. The van der Waals surface area contributed by atoms with Gasteiger partial charge in [-0.1, -0.05) is 12.8 Å². The van der Waals surface area contributed by atoms with Gasteiger partial charge < -0.3 is 9.80 Å². The molecule has 3 saturated heterocycles. The summed E-state index contributed by atoms with van der Waals surface area (Å²) < 4.78 is 27.8. The number of carbonyl (C=O) groups is 1. The lowest BCUT2D eigenvalue weighted by Gasteiger charge is -2.25. The minimum absolute atomic E-state index is 0.0162. The smallest absolute Gasteiger partial charge is 0.293 e. The first kappa shape index (κ1) is 24.9. The first-order chi connectivity index (χ1) is 16.4. The molecule has 1 amide bonds. The van der Waals surface area contributed by atoms with Crippen molar-refractivity contribution in [1.29, 1.82) is 0 Å². The molecule has 3 aliphatic heterocycles. The molecular formula is C23H35N5O5S. The number of hydrogen-bond donors (Lipinski definition) is 0. The fourth-order valence-electron chi connectivity index (χ4n) is 5.14. The second-order valence-corrected chi connectivity index (χ2v) is 11.4. The van der Waals surface area contributed by atoms with Crippen LogP contribution in [0.1, 0.15) is 44.9 Å². The van der Waals surface area contributed by atoms with Gasteiger partial charge in [0.25, 0.3) is 5.69 Å². The maximum Gasteiger partial charge on any atom is 0.293 e. The zero-order valence-corrected chi connectivity index (χ0v) is 20.5. The first-order valence-corrected chi connectivity index (χ1v) is 13.8. The molecule has 34 heavy (non-hydrogen) atoms. The number of amides is 1. The molecule has 11 heteroatoms. The molecular weight excluding hydrogens is 458 g/mol. The van der Waals surface area contributed by atoms with Gasteiger partial charge in [-0.2, -0.15) is 4.31 Å². The Bertz CT molecular complexity index is 987. The predicted molar refractivity (Wildman–Crippen MR) is 129 cm³/mol. The van der Waals surface area contributed by atoms with E-state index in [2.05, 4.69) is 4.90 Å². The van der Waals surface area contributed by atoms with Crippen molar-refractivity contribution in [2.24, 2.45) is 0 Å². The van der Waals surface area contributed by atoms with E-state index in [1.54, 1.807) is 6.07 Å². The molecule has 0 aromatic heterocycles. The van der Waals surface area contributed by atoms with Crippen molar-refractivity contribution >= 4 is 27.3 Å². The summed E-state index contributed by atoms with van der Waals surface area (Å²) in [6.07, 6.45) is 6.52. The number of carbonyl (C=O) groups excluding carboxylic acids is 1. The molecule has 1 aromatic rings. The van der Waals surface area contributed by atoms with Gasteiger partial charge in [0.05, 0.1) is 16.4 Å². The Morgan fingerprint density at radius 2 is 1.53 bits per heavy atom. The monoisotopic (exact) mass is 493 g/mol. The number of likely N-dealkylation sites (tertiary alicyclic amines) is 1. The van der Waals surface area contributed by atoms with E-state index in [0.717, 1.165) is 64.6 Å². The molecule has 0 bridgehead atoms. The van der Waals surface area contributed by atoms with Gasteiger partial charge in [0.2, 0.25) is 15.9 Å². The number of nitrogens with zero attached hydrogens (tertiary/aromatic N) is 5. The Morgan fingerprint density at radius 3 is 2.21 bits per heavy atom. The van der Waals surface area contributed by atoms with Crippen LogP contribution in [-0.2, 0) is 14.8 Å². The summed E-state index contributed by atoms with van der Waals surface area (Å²) >= 11 is 0. The highest BCUT2D eigenvalue weighted by molar-refractivity contribution is 7.89. The van der Waals surface area contributed by atoms with Crippen molar-refractivity contribution in [1.82, 2.24) is 14.1 Å². The average molecular weight is 494 g/mol. The number of hydrogen-bond acceptors (Lipinski definition) is 7. The van der Waals surface area contributed by atoms with Gasteiger partial charge in [-0.25, -0.2) is 8.42 Å². The van der Waals surface area contributed by atoms with E-state index in [1.165, 1.54) is 16.4 Å². The van der Waals surface area contributed by atoms with Gasteiger partial charge in [0.1, 0.15) is 5.69 Å². The molecule has 0 aliphatic carbocycles. The van der Waals surface area contributed by atoms with Crippen LogP contribution < -0.4 is 4.90 Å². The number of nitro benzene ring substituents is 1. The Morgan fingerprint density at radius 1 is 0.853 bits per heavy atom. The van der Waals surface area contributed by atoms with Crippen molar-refractivity contribution in [3.05, 3.63) is 28.3 Å². The highest BCUT2D eigenvalue weighted by Gasteiger charge is 2.30. The van der Waals surface area contributed by atoms with Crippen LogP contribution in [0.15, 0.2) is 23.1 Å². The van der Waals surface area contributed by atoms with Crippen LogP contribution in [0.4, 0.5) is 11.4 Å². The fourth-order valence-corrected chi connectivity index (χ4v) is 6.67. The zero-order valence-electron chi connectivity index (χ0n) is 19.7. The minimum Gasteiger partial charge on any atom is -0.365 e. The highest BCUT2D eigenvalue weighted by atomic mass is 32.2. The number of benzene rings is 1. The fraction of sp³-hybridized carbons (Fsp3) is 0.696. The number of sulfonamides is 1. The van der Waals surface area contributed by atoms with E-state index in [4.69, 9.17) is 0 Å². The summed E-state index contributed by atoms with van der Waals surface area (Å²) in [5.74, 6) is 0.153. The van der Waals surface area contributed by atoms with E-state index in [1.807, 2.05) is 9.80 Å². The summed E-state index contributed by atoms with van der Waals surface area (Å²) in [7, 11) is -3.77. The lowest BCUT2D eigenvalue weighted by atomic mass is 10.2. The van der Waals surface area contributed by atoms with Crippen LogP contribution in [0.3, 0.4) is 0 Å². The third-order valence-corrected chi connectivity index (χ3v) is 8.99. The zero-order chi connectivity index (χ0) is 24.1. The van der Waals surface area contributed by atoms with Crippen molar-refractivity contribution in [2.45, 2.75) is 49.8 Å². The number of nitro groups is 1. The van der Waals surface area contributed by atoms with Crippen LogP contribution in [0.2, 0.25) is 0 Å². The summed E-state index contributed by atoms with van der Waals surface area (Å²) in [5.41, 5.74) is 0.255. The second kappa shape index (κ2) is 11.0. The summed E-state index contributed by atoms with van der Waals surface area (Å²) in [5, 5.41) is 11.9. The summed E-state index contributed by atoms with van der Waals surface area (Å²) in [6, 6.07) is 4.30.